The minimum atomic E-state index is -1.10. The van der Waals surface area contributed by atoms with Crippen molar-refractivity contribution in [3.05, 3.63) is 59.1 Å². The molecule has 5 rings (SSSR count). The number of hydrogen-bond donors (Lipinski definition) is 1. The van der Waals surface area contributed by atoms with E-state index in [9.17, 15) is 9.59 Å². The van der Waals surface area contributed by atoms with Crippen molar-refractivity contribution in [3.63, 3.8) is 0 Å². The first kappa shape index (κ1) is 20.3. The zero-order valence-corrected chi connectivity index (χ0v) is 18.4. The molecule has 3 heterocycles. The zero-order valence-electron chi connectivity index (χ0n) is 17.6. The van der Waals surface area contributed by atoms with Crippen molar-refractivity contribution >= 4 is 23.3 Å². The Bertz CT molecular complexity index is 1210. The molecule has 3 aromatic rings. The fourth-order valence-corrected chi connectivity index (χ4v) is 5.07. The number of nitrogens with zero attached hydrogens (tertiary/aromatic N) is 2. The van der Waals surface area contributed by atoms with Gasteiger partial charge in [0.25, 0.3) is 5.91 Å². The first-order chi connectivity index (χ1) is 15.6. The molecule has 0 bridgehead atoms. The summed E-state index contributed by atoms with van der Waals surface area (Å²) < 4.78 is 16.6. The van der Waals surface area contributed by atoms with Crippen molar-refractivity contribution in [3.8, 4) is 27.8 Å². The molecule has 1 N–H and O–H groups in total. The number of para-hydroxylation sites is 2. The van der Waals surface area contributed by atoms with Gasteiger partial charge in [-0.3, -0.25) is 9.69 Å². The highest BCUT2D eigenvalue weighted by Gasteiger charge is 2.54. The molecule has 3 amide bonds. The Balaban J connectivity index is 1.43. The van der Waals surface area contributed by atoms with Gasteiger partial charge in [-0.15, -0.1) is 11.3 Å². The average molecular weight is 452 g/mol. The number of fused-ring (bicyclic) bond motifs is 2. The molecule has 0 saturated carbocycles. The van der Waals surface area contributed by atoms with Crippen molar-refractivity contribution in [1.29, 1.82) is 0 Å². The zero-order chi connectivity index (χ0) is 22.3. The van der Waals surface area contributed by atoms with Crippen molar-refractivity contribution in [2.45, 2.75) is 18.5 Å². The molecular formula is C23H21N3O5S. The predicted octanol–water partition coefficient (Wildman–Crippen LogP) is 3.56. The number of urea groups is 1. The summed E-state index contributed by atoms with van der Waals surface area (Å²) >= 11 is 1.42. The topological polar surface area (TPSA) is 90.0 Å². The van der Waals surface area contributed by atoms with Crippen LogP contribution in [0.25, 0.3) is 10.6 Å². The van der Waals surface area contributed by atoms with Crippen molar-refractivity contribution in [1.82, 2.24) is 15.2 Å². The Morgan fingerprint density at radius 2 is 2.00 bits per heavy atom. The van der Waals surface area contributed by atoms with Crippen LogP contribution in [0.5, 0.6) is 17.2 Å². The molecule has 32 heavy (non-hydrogen) atoms. The number of carbonyl (C=O) groups excluding carboxylic acids is 2. The first-order valence-electron chi connectivity index (χ1n) is 10.1. The Labute approximate surface area is 188 Å². The average Bonchev–Trinajstić information content (AvgIpc) is 3.38. The van der Waals surface area contributed by atoms with Crippen molar-refractivity contribution < 1.29 is 23.8 Å². The van der Waals surface area contributed by atoms with Crippen molar-refractivity contribution in [2.24, 2.45) is 0 Å². The summed E-state index contributed by atoms with van der Waals surface area (Å²) in [6.07, 6.45) is 0.383. The van der Waals surface area contributed by atoms with Crippen LogP contribution in [0.4, 0.5) is 4.79 Å². The summed E-state index contributed by atoms with van der Waals surface area (Å²) in [7, 11) is 3.16. The number of nitrogens with one attached hydrogen (secondary N) is 1. The third-order valence-electron chi connectivity index (χ3n) is 5.76. The Kier molecular flexibility index (Phi) is 4.97. The maximum Gasteiger partial charge on any atom is 0.325 e. The van der Waals surface area contributed by atoms with E-state index >= 15 is 0 Å². The second kappa shape index (κ2) is 7.83. The molecular weight excluding hydrogens is 430 g/mol. The molecule has 1 unspecified atom stereocenters. The second-order valence-electron chi connectivity index (χ2n) is 7.51. The lowest BCUT2D eigenvalue weighted by Crippen LogP contribution is -2.47. The highest BCUT2D eigenvalue weighted by molar-refractivity contribution is 7.13. The van der Waals surface area contributed by atoms with Crippen LogP contribution in [0.2, 0.25) is 0 Å². The van der Waals surface area contributed by atoms with E-state index in [0.29, 0.717) is 46.5 Å². The molecule has 1 saturated heterocycles. The summed E-state index contributed by atoms with van der Waals surface area (Å²) in [5.74, 6) is 1.53. The van der Waals surface area contributed by atoms with Gasteiger partial charge in [0, 0.05) is 17.4 Å². The number of amides is 3. The van der Waals surface area contributed by atoms with Crippen molar-refractivity contribution in [2.75, 3.05) is 20.8 Å². The number of imide groups is 1. The maximum absolute atomic E-state index is 13.4. The third kappa shape index (κ3) is 3.08. The third-order valence-corrected chi connectivity index (χ3v) is 6.69. The van der Waals surface area contributed by atoms with Gasteiger partial charge in [0.2, 0.25) is 0 Å². The lowest BCUT2D eigenvalue weighted by Gasteiger charge is -2.33. The number of methoxy groups -OCH3 is 2. The predicted molar refractivity (Wildman–Crippen MR) is 118 cm³/mol. The summed E-state index contributed by atoms with van der Waals surface area (Å²) in [6, 6.07) is 12.5. The number of thiazole rings is 1. The van der Waals surface area contributed by atoms with Gasteiger partial charge < -0.3 is 19.5 Å². The number of benzene rings is 2. The lowest BCUT2D eigenvalue weighted by atomic mass is 9.84. The largest absolute Gasteiger partial charge is 0.493 e. The molecule has 0 radical (unpaired) electrons. The summed E-state index contributed by atoms with van der Waals surface area (Å²) in [5.41, 5.74) is 0.999. The van der Waals surface area contributed by atoms with Gasteiger partial charge in [0.15, 0.2) is 17.0 Å². The van der Waals surface area contributed by atoms with Crippen LogP contribution < -0.4 is 19.5 Å². The molecule has 164 valence electrons. The summed E-state index contributed by atoms with van der Waals surface area (Å²) in [6.45, 7) is 0.436. The number of carbonyl (C=O) groups is 2. The molecule has 1 fully saturated rings. The van der Waals surface area contributed by atoms with E-state index in [-0.39, 0.29) is 12.5 Å². The normalized spacial score (nSPS) is 19.5. The molecule has 8 nitrogen and oxygen atoms in total. The summed E-state index contributed by atoms with van der Waals surface area (Å²) in [4.78, 5) is 32.2. The van der Waals surface area contributed by atoms with E-state index in [0.717, 1.165) is 5.56 Å². The van der Waals surface area contributed by atoms with Crippen LogP contribution in [-0.2, 0) is 16.9 Å². The van der Waals surface area contributed by atoms with Gasteiger partial charge in [-0.25, -0.2) is 9.78 Å². The van der Waals surface area contributed by atoms with Crippen LogP contribution in [0.15, 0.2) is 47.8 Å². The molecule has 9 heteroatoms. The van der Waals surface area contributed by atoms with Gasteiger partial charge in [-0.2, -0.15) is 0 Å². The number of aromatic nitrogens is 1. The molecule has 1 spiro atoms. The first-order valence-corrected chi connectivity index (χ1v) is 11.0. The molecule has 2 aromatic carbocycles. The van der Waals surface area contributed by atoms with E-state index in [1.54, 1.807) is 14.2 Å². The van der Waals surface area contributed by atoms with Gasteiger partial charge >= 0.3 is 6.03 Å². The fraction of sp³-hybridized carbons (Fsp3) is 0.261. The smallest absolute Gasteiger partial charge is 0.325 e. The van der Waals surface area contributed by atoms with Crippen LogP contribution >= 0.6 is 11.3 Å². The highest BCUT2D eigenvalue weighted by atomic mass is 32.1. The molecule has 2 aliphatic rings. The van der Waals surface area contributed by atoms with Crippen LogP contribution in [0.1, 0.15) is 17.7 Å². The number of ether oxygens (including phenoxy) is 3. The molecule has 1 aromatic heterocycles. The van der Waals surface area contributed by atoms with E-state index < -0.39 is 11.6 Å². The quantitative estimate of drug-likeness (QED) is 0.597. The molecule has 1 atom stereocenters. The second-order valence-corrected chi connectivity index (χ2v) is 8.36. The van der Waals surface area contributed by atoms with Crippen LogP contribution in [-0.4, -0.2) is 42.6 Å². The minimum absolute atomic E-state index is 0.0816. The molecule has 2 aliphatic heterocycles. The lowest BCUT2D eigenvalue weighted by molar-refractivity contribution is -0.133. The highest BCUT2D eigenvalue weighted by Crippen LogP contribution is 2.42. The number of rotatable bonds is 5. The minimum Gasteiger partial charge on any atom is -0.493 e. The van der Waals surface area contributed by atoms with Gasteiger partial charge in [-0.1, -0.05) is 24.3 Å². The maximum atomic E-state index is 13.4. The van der Waals surface area contributed by atoms with E-state index in [1.165, 1.54) is 16.2 Å². The van der Waals surface area contributed by atoms with Crippen LogP contribution in [0.3, 0.4) is 0 Å². The SMILES string of the molecule is COc1cccc(-c2nc(CN3C(=O)NC4(CCOc5ccccc54)C3=O)cs2)c1OC. The fourth-order valence-electron chi connectivity index (χ4n) is 4.24. The summed E-state index contributed by atoms with van der Waals surface area (Å²) in [5, 5.41) is 5.48. The van der Waals surface area contributed by atoms with Gasteiger partial charge in [-0.05, 0) is 18.2 Å². The Hall–Kier alpha value is -3.59. The van der Waals surface area contributed by atoms with Gasteiger partial charge in [0.1, 0.15) is 10.8 Å². The van der Waals surface area contributed by atoms with E-state index in [2.05, 4.69) is 10.3 Å². The van der Waals surface area contributed by atoms with Crippen LogP contribution in [0, 0.1) is 0 Å². The van der Waals surface area contributed by atoms with E-state index in [4.69, 9.17) is 14.2 Å². The Morgan fingerprint density at radius 1 is 1.16 bits per heavy atom. The monoisotopic (exact) mass is 451 g/mol. The Morgan fingerprint density at radius 3 is 2.81 bits per heavy atom. The number of hydrogen-bond acceptors (Lipinski definition) is 7. The van der Waals surface area contributed by atoms with Gasteiger partial charge in [0.05, 0.1) is 38.6 Å². The van der Waals surface area contributed by atoms with E-state index in [1.807, 2.05) is 47.8 Å². The molecule has 0 aliphatic carbocycles. The standard InChI is InChI=1S/C23H21N3O5S/c1-29-18-9-5-6-15(19(18)30-2)20-24-14(13-32-20)12-26-21(27)23(25-22(26)28)10-11-31-17-8-4-3-7-16(17)23/h3-9,13H,10-12H2,1-2H3,(H,25,28).